The highest BCUT2D eigenvalue weighted by molar-refractivity contribution is 6.30. The molecule has 0 radical (unpaired) electrons. The summed E-state index contributed by atoms with van der Waals surface area (Å²) in [6.45, 7) is 6.12. The molecule has 1 aromatic rings. The lowest BCUT2D eigenvalue weighted by Gasteiger charge is -2.34. The molecule has 110 valence electrons. The summed E-state index contributed by atoms with van der Waals surface area (Å²) in [6.07, 6.45) is 1.93. The summed E-state index contributed by atoms with van der Waals surface area (Å²) in [4.78, 5) is 14.5. The first-order valence-electron chi connectivity index (χ1n) is 7.41. The summed E-state index contributed by atoms with van der Waals surface area (Å²) in [7, 11) is 2.09. The first-order chi connectivity index (χ1) is 9.45. The van der Waals surface area contributed by atoms with Gasteiger partial charge in [-0.3, -0.25) is 4.79 Å². The van der Waals surface area contributed by atoms with E-state index >= 15 is 0 Å². The average molecular weight is 294 g/mol. The summed E-state index contributed by atoms with van der Waals surface area (Å²) in [5.74, 6) is 1.69. The van der Waals surface area contributed by atoms with Gasteiger partial charge in [0.25, 0.3) is 0 Å². The van der Waals surface area contributed by atoms with Crippen molar-refractivity contribution in [3.8, 4) is 0 Å². The van der Waals surface area contributed by atoms with E-state index in [-0.39, 0.29) is 5.92 Å². The number of halogens is 1. The second-order valence-electron chi connectivity index (χ2n) is 6.42. The molecule has 0 aliphatic heterocycles. The van der Waals surface area contributed by atoms with Crippen molar-refractivity contribution < 1.29 is 4.79 Å². The molecule has 1 fully saturated rings. The highest BCUT2D eigenvalue weighted by atomic mass is 35.5. The summed E-state index contributed by atoms with van der Waals surface area (Å²) in [5.41, 5.74) is 1.24. The third kappa shape index (κ3) is 4.07. The fraction of sp³-hybridized carbons (Fsp3) is 0.588. The van der Waals surface area contributed by atoms with Gasteiger partial charge in [0.15, 0.2) is 0 Å². The molecule has 3 heteroatoms. The second-order valence-corrected chi connectivity index (χ2v) is 6.85. The van der Waals surface area contributed by atoms with Crippen molar-refractivity contribution in [2.45, 2.75) is 33.2 Å². The van der Waals surface area contributed by atoms with E-state index in [0.717, 1.165) is 24.5 Å². The maximum absolute atomic E-state index is 12.2. The van der Waals surface area contributed by atoms with Gasteiger partial charge >= 0.3 is 0 Å². The van der Waals surface area contributed by atoms with Crippen LogP contribution < -0.4 is 0 Å². The normalized spacial score (nSPS) is 27.1. The van der Waals surface area contributed by atoms with Gasteiger partial charge in [-0.25, -0.2) is 0 Å². The monoisotopic (exact) mass is 293 g/mol. The molecule has 0 N–H and O–H groups in total. The standard InChI is InChI=1S/C17H24ClNO/c1-12-8-13(2)16(17(20)9-12)11-19(3)10-14-4-6-15(18)7-5-14/h4-7,12-13,16H,8-11H2,1-3H3. The van der Waals surface area contributed by atoms with Crippen molar-refractivity contribution in [3.63, 3.8) is 0 Å². The summed E-state index contributed by atoms with van der Waals surface area (Å²) in [6, 6.07) is 7.93. The zero-order chi connectivity index (χ0) is 14.7. The molecule has 20 heavy (non-hydrogen) atoms. The van der Waals surface area contributed by atoms with E-state index in [2.05, 4.69) is 25.8 Å². The van der Waals surface area contributed by atoms with Crippen molar-refractivity contribution in [2.75, 3.05) is 13.6 Å². The zero-order valence-corrected chi connectivity index (χ0v) is 13.4. The maximum atomic E-state index is 12.2. The summed E-state index contributed by atoms with van der Waals surface area (Å²) >= 11 is 5.90. The number of hydrogen-bond donors (Lipinski definition) is 0. The minimum Gasteiger partial charge on any atom is -0.301 e. The Labute approximate surface area is 127 Å². The molecule has 1 aliphatic carbocycles. The molecule has 0 amide bonds. The molecule has 1 aliphatic rings. The van der Waals surface area contributed by atoms with E-state index in [0.29, 0.717) is 17.6 Å². The number of benzene rings is 1. The van der Waals surface area contributed by atoms with E-state index in [1.54, 1.807) is 0 Å². The SMILES string of the molecule is CC1CC(=O)C(CN(C)Cc2ccc(Cl)cc2)C(C)C1. The fourth-order valence-electron chi connectivity index (χ4n) is 3.28. The lowest BCUT2D eigenvalue weighted by molar-refractivity contribution is -0.128. The molecule has 2 nitrogen and oxygen atoms in total. The predicted octanol–water partition coefficient (Wildman–Crippen LogP) is 4.02. The average Bonchev–Trinajstić information content (AvgIpc) is 2.36. The van der Waals surface area contributed by atoms with E-state index in [1.165, 1.54) is 12.0 Å². The van der Waals surface area contributed by atoms with Gasteiger partial charge in [-0.2, -0.15) is 0 Å². The Balaban J connectivity index is 1.92. The largest absolute Gasteiger partial charge is 0.301 e. The Morgan fingerprint density at radius 2 is 1.90 bits per heavy atom. The molecular weight excluding hydrogens is 270 g/mol. The van der Waals surface area contributed by atoms with Crippen LogP contribution in [0.2, 0.25) is 5.02 Å². The van der Waals surface area contributed by atoms with Crippen LogP contribution >= 0.6 is 11.6 Å². The Hall–Kier alpha value is -0.860. The van der Waals surface area contributed by atoms with Crippen LogP contribution in [0.1, 0.15) is 32.3 Å². The van der Waals surface area contributed by atoms with Crippen LogP contribution in [0.3, 0.4) is 0 Å². The Morgan fingerprint density at radius 1 is 1.25 bits per heavy atom. The number of carbonyl (C=O) groups excluding carboxylic acids is 1. The third-order valence-electron chi connectivity index (χ3n) is 4.30. The highest BCUT2D eigenvalue weighted by Crippen LogP contribution is 2.31. The quantitative estimate of drug-likeness (QED) is 0.835. The van der Waals surface area contributed by atoms with Crippen LogP contribution in [0, 0.1) is 17.8 Å². The van der Waals surface area contributed by atoms with Crippen LogP contribution in [0.25, 0.3) is 0 Å². The van der Waals surface area contributed by atoms with Gasteiger partial charge in [0.05, 0.1) is 0 Å². The van der Waals surface area contributed by atoms with Crippen LogP contribution in [0.5, 0.6) is 0 Å². The van der Waals surface area contributed by atoms with Crippen LogP contribution in [0.4, 0.5) is 0 Å². The van der Waals surface area contributed by atoms with Crippen molar-refractivity contribution >= 4 is 17.4 Å². The van der Waals surface area contributed by atoms with Crippen molar-refractivity contribution in [1.29, 1.82) is 0 Å². The third-order valence-corrected chi connectivity index (χ3v) is 4.55. The lowest BCUT2D eigenvalue weighted by atomic mass is 9.74. The van der Waals surface area contributed by atoms with Crippen LogP contribution in [-0.4, -0.2) is 24.3 Å². The minimum atomic E-state index is 0.198. The molecule has 0 bridgehead atoms. The number of nitrogens with zero attached hydrogens (tertiary/aromatic N) is 1. The fourth-order valence-corrected chi connectivity index (χ4v) is 3.40. The predicted molar refractivity (Wildman–Crippen MR) is 83.8 cm³/mol. The summed E-state index contributed by atoms with van der Waals surface area (Å²) in [5, 5.41) is 0.765. The van der Waals surface area contributed by atoms with E-state index in [9.17, 15) is 4.79 Å². The molecule has 0 saturated heterocycles. The van der Waals surface area contributed by atoms with Crippen molar-refractivity contribution in [2.24, 2.45) is 17.8 Å². The Bertz CT molecular complexity index is 457. The molecule has 1 aromatic carbocycles. The van der Waals surface area contributed by atoms with E-state index < -0.39 is 0 Å². The molecule has 0 heterocycles. The van der Waals surface area contributed by atoms with Crippen LogP contribution in [0.15, 0.2) is 24.3 Å². The van der Waals surface area contributed by atoms with E-state index in [4.69, 9.17) is 11.6 Å². The molecule has 1 saturated carbocycles. The molecular formula is C17H24ClNO. The number of Topliss-reactive ketones (excluding diaryl/α,β-unsaturated/α-hetero) is 1. The van der Waals surface area contributed by atoms with Gasteiger partial charge < -0.3 is 4.90 Å². The van der Waals surface area contributed by atoms with Crippen LogP contribution in [-0.2, 0) is 11.3 Å². The van der Waals surface area contributed by atoms with Gasteiger partial charge in [0.2, 0.25) is 0 Å². The van der Waals surface area contributed by atoms with Gasteiger partial charge in [-0.05, 0) is 43.0 Å². The molecule has 3 atom stereocenters. The van der Waals surface area contributed by atoms with E-state index in [1.807, 2.05) is 24.3 Å². The van der Waals surface area contributed by atoms with Crippen molar-refractivity contribution in [1.82, 2.24) is 4.90 Å². The molecule has 0 spiro atoms. The zero-order valence-electron chi connectivity index (χ0n) is 12.6. The number of rotatable bonds is 4. The number of carbonyl (C=O) groups is 1. The maximum Gasteiger partial charge on any atom is 0.137 e. The smallest absolute Gasteiger partial charge is 0.137 e. The van der Waals surface area contributed by atoms with Crippen molar-refractivity contribution in [3.05, 3.63) is 34.9 Å². The minimum absolute atomic E-state index is 0.198. The Kier molecular flexibility index (Phi) is 5.22. The highest BCUT2D eigenvalue weighted by Gasteiger charge is 2.32. The van der Waals surface area contributed by atoms with Gasteiger partial charge in [0, 0.05) is 30.5 Å². The first kappa shape index (κ1) is 15.5. The number of hydrogen-bond acceptors (Lipinski definition) is 2. The first-order valence-corrected chi connectivity index (χ1v) is 7.79. The molecule has 0 aromatic heterocycles. The lowest BCUT2D eigenvalue weighted by Crippen LogP contribution is -2.38. The second kappa shape index (κ2) is 6.73. The van der Waals surface area contributed by atoms with Gasteiger partial charge in [-0.15, -0.1) is 0 Å². The van der Waals surface area contributed by atoms with Gasteiger partial charge in [0.1, 0.15) is 5.78 Å². The Morgan fingerprint density at radius 3 is 2.50 bits per heavy atom. The van der Waals surface area contributed by atoms with Gasteiger partial charge in [-0.1, -0.05) is 37.6 Å². The molecule has 2 rings (SSSR count). The topological polar surface area (TPSA) is 20.3 Å². The summed E-state index contributed by atoms with van der Waals surface area (Å²) < 4.78 is 0. The number of ketones is 1. The molecule has 3 unspecified atom stereocenters.